The van der Waals surface area contributed by atoms with Gasteiger partial charge in [0.1, 0.15) is 0 Å². The average molecular weight is 527 g/mol. The molecule has 0 bridgehead atoms. The molecule has 0 aromatic heterocycles. The van der Waals surface area contributed by atoms with Crippen molar-refractivity contribution in [2.75, 3.05) is 13.1 Å². The van der Waals surface area contributed by atoms with E-state index in [4.69, 9.17) is 16.7 Å². The topological polar surface area (TPSA) is 69.6 Å². The normalized spacial score (nSPS) is 11.0. The molecule has 4 aromatic carbocycles. The van der Waals surface area contributed by atoms with E-state index in [2.05, 4.69) is 64.8 Å². The summed E-state index contributed by atoms with van der Waals surface area (Å²) in [4.78, 5) is 25.5. The number of carbonyl (C=O) groups excluding carboxylic acids is 1. The number of carboxylic acid groups (broad SMARTS) is 1. The molecule has 1 amide bonds. The standard InChI is InChI=1S/C32H31ClN2O3/c33-30-14-8-7-13-28(30)22-35(21-24-15-17-27(18-16-24)32(38)34-20-19-31(36)37)23-29(25-9-3-1-4-10-25)26-11-5-2-6-12-26/h1-18,29H,19-23H2,(H,34,38)(H,36,37). The van der Waals surface area contributed by atoms with E-state index in [0.29, 0.717) is 18.7 Å². The first-order chi connectivity index (χ1) is 18.5. The zero-order valence-corrected chi connectivity index (χ0v) is 21.9. The van der Waals surface area contributed by atoms with Crippen LogP contribution >= 0.6 is 11.6 Å². The highest BCUT2D eigenvalue weighted by Crippen LogP contribution is 2.28. The molecule has 0 fully saturated rings. The Morgan fingerprint density at radius 2 is 1.34 bits per heavy atom. The number of rotatable bonds is 12. The number of carbonyl (C=O) groups is 2. The molecule has 5 nitrogen and oxygen atoms in total. The number of hydrogen-bond acceptors (Lipinski definition) is 3. The molecule has 0 aliphatic rings. The van der Waals surface area contributed by atoms with E-state index in [9.17, 15) is 9.59 Å². The molecule has 0 atom stereocenters. The monoisotopic (exact) mass is 526 g/mol. The predicted octanol–water partition coefficient (Wildman–Crippen LogP) is 6.38. The maximum atomic E-state index is 12.4. The van der Waals surface area contributed by atoms with Crippen molar-refractivity contribution >= 4 is 23.5 Å². The van der Waals surface area contributed by atoms with Gasteiger partial charge in [0, 0.05) is 42.7 Å². The van der Waals surface area contributed by atoms with Crippen molar-refractivity contribution < 1.29 is 14.7 Å². The van der Waals surface area contributed by atoms with Gasteiger partial charge in [-0.2, -0.15) is 0 Å². The van der Waals surface area contributed by atoms with Crippen LogP contribution in [0.1, 0.15) is 45.0 Å². The van der Waals surface area contributed by atoms with Gasteiger partial charge in [0.15, 0.2) is 0 Å². The molecule has 0 aliphatic heterocycles. The number of halogens is 1. The van der Waals surface area contributed by atoms with E-state index in [1.54, 1.807) is 12.1 Å². The Labute approximate surface area is 228 Å². The minimum absolute atomic E-state index is 0.0991. The zero-order valence-electron chi connectivity index (χ0n) is 21.1. The molecular formula is C32H31ClN2O3. The molecule has 0 heterocycles. The minimum atomic E-state index is -0.941. The van der Waals surface area contributed by atoms with E-state index in [1.165, 1.54) is 11.1 Å². The van der Waals surface area contributed by atoms with Crippen molar-refractivity contribution in [3.05, 3.63) is 142 Å². The van der Waals surface area contributed by atoms with Crippen LogP contribution in [0, 0.1) is 0 Å². The third kappa shape index (κ3) is 7.78. The Kier molecular flexibility index (Phi) is 9.68. The van der Waals surface area contributed by atoms with Gasteiger partial charge < -0.3 is 10.4 Å². The molecule has 0 spiro atoms. The molecule has 38 heavy (non-hydrogen) atoms. The fraction of sp³-hybridized carbons (Fsp3) is 0.188. The van der Waals surface area contributed by atoms with Crippen LogP contribution in [0.4, 0.5) is 0 Å². The van der Waals surface area contributed by atoms with Gasteiger partial charge in [0.25, 0.3) is 5.91 Å². The molecule has 4 aromatic rings. The maximum absolute atomic E-state index is 12.4. The van der Waals surface area contributed by atoms with Gasteiger partial charge in [0.2, 0.25) is 0 Å². The first-order valence-electron chi connectivity index (χ1n) is 12.6. The van der Waals surface area contributed by atoms with Crippen LogP contribution in [0.5, 0.6) is 0 Å². The van der Waals surface area contributed by atoms with E-state index in [1.807, 2.05) is 42.5 Å². The third-order valence-electron chi connectivity index (χ3n) is 6.44. The van der Waals surface area contributed by atoms with Crippen molar-refractivity contribution in [3.63, 3.8) is 0 Å². The second kappa shape index (κ2) is 13.6. The Balaban J connectivity index is 1.56. The van der Waals surface area contributed by atoms with Crippen molar-refractivity contribution in [3.8, 4) is 0 Å². The van der Waals surface area contributed by atoms with Gasteiger partial charge in [-0.05, 0) is 40.5 Å². The van der Waals surface area contributed by atoms with Crippen LogP contribution in [-0.4, -0.2) is 35.0 Å². The number of benzene rings is 4. The Bertz CT molecular complexity index is 1290. The molecular weight excluding hydrogens is 496 g/mol. The molecule has 0 saturated heterocycles. The summed E-state index contributed by atoms with van der Waals surface area (Å²) in [6.45, 7) is 2.22. The predicted molar refractivity (Wildman–Crippen MR) is 151 cm³/mol. The maximum Gasteiger partial charge on any atom is 0.305 e. The van der Waals surface area contributed by atoms with Gasteiger partial charge in [-0.15, -0.1) is 0 Å². The summed E-state index contributed by atoms with van der Waals surface area (Å²) in [6, 6.07) is 36.4. The fourth-order valence-electron chi connectivity index (χ4n) is 4.49. The van der Waals surface area contributed by atoms with Crippen LogP contribution in [0.3, 0.4) is 0 Å². The molecule has 0 unspecified atom stereocenters. The second-order valence-corrected chi connectivity index (χ2v) is 9.64. The Morgan fingerprint density at radius 3 is 1.92 bits per heavy atom. The highest BCUT2D eigenvalue weighted by molar-refractivity contribution is 6.31. The molecule has 4 rings (SSSR count). The summed E-state index contributed by atoms with van der Waals surface area (Å²) in [7, 11) is 0. The summed E-state index contributed by atoms with van der Waals surface area (Å²) in [5.41, 5.74) is 5.12. The summed E-state index contributed by atoms with van der Waals surface area (Å²) in [6.07, 6.45) is -0.106. The lowest BCUT2D eigenvalue weighted by atomic mass is 9.90. The summed E-state index contributed by atoms with van der Waals surface area (Å²) >= 11 is 6.55. The SMILES string of the molecule is O=C(O)CCNC(=O)c1ccc(CN(Cc2ccccc2Cl)CC(c2ccccc2)c2ccccc2)cc1. The van der Waals surface area contributed by atoms with Gasteiger partial charge in [-0.1, -0.05) is 103 Å². The molecule has 0 aliphatic carbocycles. The van der Waals surface area contributed by atoms with Gasteiger partial charge in [-0.25, -0.2) is 0 Å². The number of amides is 1. The molecule has 194 valence electrons. The summed E-state index contributed by atoms with van der Waals surface area (Å²) in [5, 5.41) is 12.2. The quantitative estimate of drug-likeness (QED) is 0.225. The first-order valence-corrected chi connectivity index (χ1v) is 13.0. The lowest BCUT2D eigenvalue weighted by molar-refractivity contribution is -0.136. The summed E-state index contributed by atoms with van der Waals surface area (Å²) < 4.78 is 0. The van der Waals surface area contributed by atoms with Crippen LogP contribution in [0.2, 0.25) is 5.02 Å². The van der Waals surface area contributed by atoms with Crippen molar-refractivity contribution in [2.45, 2.75) is 25.4 Å². The third-order valence-corrected chi connectivity index (χ3v) is 6.81. The smallest absolute Gasteiger partial charge is 0.305 e. The van der Waals surface area contributed by atoms with Crippen molar-refractivity contribution in [1.29, 1.82) is 0 Å². The number of nitrogens with one attached hydrogen (secondary N) is 1. The highest BCUT2D eigenvalue weighted by Gasteiger charge is 2.20. The number of nitrogens with zero attached hydrogens (tertiary/aromatic N) is 1. The molecule has 0 saturated carbocycles. The first kappa shape index (κ1) is 27.1. The van der Waals surface area contributed by atoms with Crippen molar-refractivity contribution in [2.24, 2.45) is 0 Å². The highest BCUT2D eigenvalue weighted by atomic mass is 35.5. The van der Waals surface area contributed by atoms with Crippen molar-refractivity contribution in [1.82, 2.24) is 10.2 Å². The van der Waals surface area contributed by atoms with Crippen LogP contribution in [0.25, 0.3) is 0 Å². The van der Waals surface area contributed by atoms with Gasteiger partial charge in [0.05, 0.1) is 6.42 Å². The molecule has 6 heteroatoms. The average Bonchev–Trinajstić information content (AvgIpc) is 2.94. The second-order valence-electron chi connectivity index (χ2n) is 9.23. The molecule has 0 radical (unpaired) electrons. The zero-order chi connectivity index (χ0) is 26.7. The van der Waals surface area contributed by atoms with Crippen LogP contribution in [0.15, 0.2) is 109 Å². The van der Waals surface area contributed by atoms with Crippen LogP contribution < -0.4 is 5.32 Å². The van der Waals surface area contributed by atoms with E-state index in [0.717, 1.165) is 22.7 Å². The van der Waals surface area contributed by atoms with E-state index < -0.39 is 5.97 Å². The van der Waals surface area contributed by atoms with Gasteiger partial charge in [-0.3, -0.25) is 14.5 Å². The molecule has 2 N–H and O–H groups in total. The number of hydrogen-bond donors (Lipinski definition) is 2. The fourth-order valence-corrected chi connectivity index (χ4v) is 4.68. The van der Waals surface area contributed by atoms with E-state index >= 15 is 0 Å². The number of carboxylic acids is 1. The lowest BCUT2D eigenvalue weighted by Crippen LogP contribution is -2.29. The van der Waals surface area contributed by atoms with E-state index in [-0.39, 0.29) is 24.8 Å². The summed E-state index contributed by atoms with van der Waals surface area (Å²) in [5.74, 6) is -1.05. The lowest BCUT2D eigenvalue weighted by Gasteiger charge is -2.29. The Morgan fingerprint density at radius 1 is 0.763 bits per heavy atom. The van der Waals surface area contributed by atoms with Gasteiger partial charge >= 0.3 is 5.97 Å². The largest absolute Gasteiger partial charge is 0.481 e. The number of aliphatic carboxylic acids is 1. The van der Waals surface area contributed by atoms with Crippen LogP contribution in [-0.2, 0) is 17.9 Å². The Hall–Kier alpha value is -3.93. The minimum Gasteiger partial charge on any atom is -0.481 e.